The Kier molecular flexibility index (Phi) is 5.86. The Morgan fingerprint density at radius 3 is 1.87 bits per heavy atom. The lowest BCUT2D eigenvalue weighted by atomic mass is 9.87. The van der Waals surface area contributed by atoms with Crippen molar-refractivity contribution in [2.45, 2.75) is 66.2 Å². The molecule has 0 bridgehead atoms. The molecule has 23 heavy (non-hydrogen) atoms. The zero-order valence-corrected chi connectivity index (χ0v) is 15.7. The summed E-state index contributed by atoms with van der Waals surface area (Å²) in [6.07, 6.45) is 1.87. The van der Waals surface area contributed by atoms with Gasteiger partial charge in [0.15, 0.2) is 0 Å². The molecule has 2 heterocycles. The van der Waals surface area contributed by atoms with E-state index in [2.05, 4.69) is 68.6 Å². The topological polar surface area (TPSA) is 64.7 Å². The fourth-order valence-corrected chi connectivity index (χ4v) is 1.99. The molecule has 0 saturated carbocycles. The van der Waals surface area contributed by atoms with Crippen molar-refractivity contribution in [3.8, 4) is 0 Å². The minimum atomic E-state index is 0.0435. The Labute approximate surface area is 140 Å². The molecule has 0 atom stereocenters. The largest absolute Gasteiger partial charge is 0.384 e. The van der Waals surface area contributed by atoms with Crippen LogP contribution in [0.3, 0.4) is 0 Å². The van der Waals surface area contributed by atoms with Crippen LogP contribution >= 0.6 is 0 Å². The van der Waals surface area contributed by atoms with E-state index in [9.17, 15) is 0 Å². The highest BCUT2D eigenvalue weighted by atomic mass is 14.9. The van der Waals surface area contributed by atoms with Gasteiger partial charge >= 0.3 is 0 Å². The Morgan fingerprint density at radius 2 is 1.48 bits per heavy atom. The van der Waals surface area contributed by atoms with Gasteiger partial charge in [0.25, 0.3) is 0 Å². The van der Waals surface area contributed by atoms with Crippen LogP contribution in [-0.2, 0) is 10.8 Å². The van der Waals surface area contributed by atoms with Crippen molar-refractivity contribution in [2.75, 3.05) is 5.73 Å². The lowest BCUT2D eigenvalue weighted by Gasteiger charge is -2.18. The number of nitrogens with zero attached hydrogens (tertiary/aromatic N) is 3. The predicted octanol–water partition coefficient (Wildman–Crippen LogP) is 4.35. The third-order valence-corrected chi connectivity index (χ3v) is 3.39. The summed E-state index contributed by atoms with van der Waals surface area (Å²) >= 11 is 0. The van der Waals surface area contributed by atoms with Gasteiger partial charge in [-0.05, 0) is 37.0 Å². The molecule has 0 aliphatic heterocycles. The first-order valence-corrected chi connectivity index (χ1v) is 7.94. The predicted molar refractivity (Wildman–Crippen MR) is 97.6 cm³/mol. The number of hydrogen-bond acceptors (Lipinski definition) is 4. The van der Waals surface area contributed by atoms with Gasteiger partial charge in [-0.3, -0.25) is 4.98 Å². The van der Waals surface area contributed by atoms with Gasteiger partial charge in [-0.2, -0.15) is 0 Å². The van der Waals surface area contributed by atoms with E-state index in [1.807, 2.05) is 26.1 Å². The van der Waals surface area contributed by atoms with Crippen molar-refractivity contribution >= 4 is 5.82 Å². The third kappa shape index (κ3) is 6.35. The summed E-state index contributed by atoms with van der Waals surface area (Å²) in [5.41, 5.74) is 9.33. The molecule has 2 aromatic rings. The average molecular weight is 314 g/mol. The highest BCUT2D eigenvalue weighted by Gasteiger charge is 2.16. The van der Waals surface area contributed by atoms with Gasteiger partial charge in [0.2, 0.25) is 0 Å². The standard InChI is InChI=1S/C10H15N.C9H15N3/c1-8-7-9(5-6-11-8)10(2,3)4;1-6-11-7(9(2,3)4)5-8(10)12-6/h5-7H,1-4H3;5H,1-4H3,(H2,10,11,12). The fourth-order valence-electron chi connectivity index (χ4n) is 1.99. The summed E-state index contributed by atoms with van der Waals surface area (Å²) in [6, 6.07) is 6.04. The molecule has 2 N–H and O–H groups in total. The van der Waals surface area contributed by atoms with Crippen molar-refractivity contribution in [3.05, 3.63) is 47.2 Å². The van der Waals surface area contributed by atoms with E-state index in [0.717, 1.165) is 17.2 Å². The number of anilines is 1. The molecule has 126 valence electrons. The molecule has 0 fully saturated rings. The van der Waals surface area contributed by atoms with Crippen LogP contribution in [0.15, 0.2) is 24.4 Å². The number of nitrogens with two attached hydrogens (primary N) is 1. The van der Waals surface area contributed by atoms with Crippen LogP contribution in [0.2, 0.25) is 0 Å². The van der Waals surface area contributed by atoms with Crippen LogP contribution in [0.4, 0.5) is 5.82 Å². The Bertz CT molecular complexity index is 629. The average Bonchev–Trinajstić information content (AvgIpc) is 2.36. The second-order valence-electron chi connectivity index (χ2n) is 7.91. The number of rotatable bonds is 0. The lowest BCUT2D eigenvalue weighted by Crippen LogP contribution is -2.15. The zero-order chi connectivity index (χ0) is 17.8. The maximum absolute atomic E-state index is 5.60. The molecule has 0 saturated heterocycles. The third-order valence-electron chi connectivity index (χ3n) is 3.39. The molecule has 0 amide bonds. The second kappa shape index (κ2) is 7.07. The summed E-state index contributed by atoms with van der Waals surface area (Å²) in [5.74, 6) is 1.28. The Balaban J connectivity index is 0.000000231. The van der Waals surface area contributed by atoms with Gasteiger partial charge in [0.05, 0.1) is 5.69 Å². The maximum Gasteiger partial charge on any atom is 0.127 e. The van der Waals surface area contributed by atoms with Crippen molar-refractivity contribution in [2.24, 2.45) is 0 Å². The molecule has 0 aliphatic carbocycles. The maximum atomic E-state index is 5.60. The second-order valence-corrected chi connectivity index (χ2v) is 7.91. The molecular weight excluding hydrogens is 284 g/mol. The van der Waals surface area contributed by atoms with Gasteiger partial charge < -0.3 is 5.73 Å². The number of aromatic nitrogens is 3. The molecule has 4 nitrogen and oxygen atoms in total. The van der Waals surface area contributed by atoms with Crippen LogP contribution < -0.4 is 5.73 Å². The van der Waals surface area contributed by atoms with Crippen LogP contribution in [-0.4, -0.2) is 15.0 Å². The molecule has 0 radical (unpaired) electrons. The molecule has 2 aromatic heterocycles. The fraction of sp³-hybridized carbons (Fsp3) is 0.526. The first-order valence-electron chi connectivity index (χ1n) is 7.94. The van der Waals surface area contributed by atoms with Crippen LogP contribution in [0.1, 0.15) is 64.3 Å². The minimum Gasteiger partial charge on any atom is -0.384 e. The quantitative estimate of drug-likeness (QED) is 0.785. The highest BCUT2D eigenvalue weighted by molar-refractivity contribution is 5.32. The molecule has 0 unspecified atom stereocenters. The first kappa shape index (κ1) is 19.1. The van der Waals surface area contributed by atoms with E-state index in [1.54, 1.807) is 0 Å². The van der Waals surface area contributed by atoms with Crippen LogP contribution in [0.5, 0.6) is 0 Å². The number of nitrogen functional groups attached to an aromatic ring is 1. The van der Waals surface area contributed by atoms with E-state index < -0.39 is 0 Å². The summed E-state index contributed by atoms with van der Waals surface area (Å²) in [7, 11) is 0. The van der Waals surface area contributed by atoms with E-state index in [4.69, 9.17) is 5.73 Å². The van der Waals surface area contributed by atoms with Crippen molar-refractivity contribution < 1.29 is 0 Å². The zero-order valence-electron chi connectivity index (χ0n) is 15.7. The number of aryl methyl sites for hydroxylation is 2. The number of pyridine rings is 1. The van der Waals surface area contributed by atoms with Crippen molar-refractivity contribution in [3.63, 3.8) is 0 Å². The van der Waals surface area contributed by atoms with Gasteiger partial charge in [-0.25, -0.2) is 9.97 Å². The minimum absolute atomic E-state index is 0.0435. The summed E-state index contributed by atoms with van der Waals surface area (Å²) in [4.78, 5) is 12.5. The SMILES string of the molecule is Cc1cc(C(C)(C)C)ccn1.Cc1nc(N)cc(C(C)(C)C)n1. The summed E-state index contributed by atoms with van der Waals surface area (Å²) in [6.45, 7) is 16.8. The molecule has 4 heteroatoms. The molecule has 0 aromatic carbocycles. The smallest absolute Gasteiger partial charge is 0.127 e. The van der Waals surface area contributed by atoms with E-state index >= 15 is 0 Å². The van der Waals surface area contributed by atoms with Crippen molar-refractivity contribution in [1.29, 1.82) is 0 Å². The molecular formula is C19H30N4. The Hall–Kier alpha value is -1.97. The van der Waals surface area contributed by atoms with Gasteiger partial charge in [-0.15, -0.1) is 0 Å². The van der Waals surface area contributed by atoms with Gasteiger partial charge in [-0.1, -0.05) is 41.5 Å². The van der Waals surface area contributed by atoms with Crippen LogP contribution in [0.25, 0.3) is 0 Å². The monoisotopic (exact) mass is 314 g/mol. The normalized spacial score (nSPS) is 11.7. The summed E-state index contributed by atoms with van der Waals surface area (Å²) in [5, 5.41) is 0. The van der Waals surface area contributed by atoms with Crippen LogP contribution in [0, 0.1) is 13.8 Å². The first-order chi connectivity index (χ1) is 10.4. The van der Waals surface area contributed by atoms with Crippen molar-refractivity contribution in [1.82, 2.24) is 15.0 Å². The number of hydrogen-bond donors (Lipinski definition) is 1. The van der Waals surface area contributed by atoms with E-state index in [1.165, 1.54) is 5.56 Å². The molecule has 0 aliphatic rings. The van der Waals surface area contributed by atoms with E-state index in [0.29, 0.717) is 5.82 Å². The Morgan fingerprint density at radius 1 is 0.870 bits per heavy atom. The summed E-state index contributed by atoms with van der Waals surface area (Å²) < 4.78 is 0. The van der Waals surface area contributed by atoms with Gasteiger partial charge in [0.1, 0.15) is 11.6 Å². The highest BCUT2D eigenvalue weighted by Crippen LogP contribution is 2.22. The lowest BCUT2D eigenvalue weighted by molar-refractivity contribution is 0.565. The molecule has 2 rings (SSSR count). The van der Waals surface area contributed by atoms with Gasteiger partial charge in [0, 0.05) is 23.4 Å². The molecule has 0 spiro atoms. The van der Waals surface area contributed by atoms with E-state index in [-0.39, 0.29) is 10.8 Å².